The first-order chi connectivity index (χ1) is 14.4. The normalized spacial score (nSPS) is 22.3. The molecule has 4 rings (SSSR count). The standard InChI is InChI=1S/C23H25NO6/c1-3-14-8-9-16-15(11-20(25)30-19(16)10-14)12-29-23(28)13(2)24-21(26)17-6-4-5-7-18(17)22(24)27/h8-11,13,17-18H,3-7,12H2,1-2H3/t13-,17-,18-/m0/s1. The van der Waals surface area contributed by atoms with E-state index in [1.807, 2.05) is 19.1 Å². The number of fused-ring (bicyclic) bond motifs is 2. The molecule has 2 aromatic rings. The van der Waals surface area contributed by atoms with Gasteiger partial charge in [-0.3, -0.25) is 14.5 Å². The molecule has 2 amide bonds. The van der Waals surface area contributed by atoms with Gasteiger partial charge in [-0.2, -0.15) is 0 Å². The Morgan fingerprint density at radius 3 is 2.43 bits per heavy atom. The molecule has 1 saturated carbocycles. The quantitative estimate of drug-likeness (QED) is 0.427. The number of imide groups is 1. The first-order valence-corrected chi connectivity index (χ1v) is 10.5. The van der Waals surface area contributed by atoms with E-state index in [0.717, 1.165) is 29.7 Å². The first-order valence-electron chi connectivity index (χ1n) is 10.5. The Hall–Kier alpha value is -2.96. The van der Waals surface area contributed by atoms with Gasteiger partial charge in [0.1, 0.15) is 18.2 Å². The van der Waals surface area contributed by atoms with E-state index in [9.17, 15) is 19.2 Å². The number of aryl methyl sites for hydroxylation is 1. The van der Waals surface area contributed by atoms with Gasteiger partial charge in [-0.1, -0.05) is 31.9 Å². The van der Waals surface area contributed by atoms with E-state index >= 15 is 0 Å². The fourth-order valence-corrected chi connectivity index (χ4v) is 4.56. The van der Waals surface area contributed by atoms with Crippen LogP contribution < -0.4 is 5.63 Å². The van der Waals surface area contributed by atoms with Crippen molar-refractivity contribution in [1.29, 1.82) is 0 Å². The molecule has 30 heavy (non-hydrogen) atoms. The van der Waals surface area contributed by atoms with Gasteiger partial charge in [0.15, 0.2) is 0 Å². The van der Waals surface area contributed by atoms with Gasteiger partial charge in [0.2, 0.25) is 11.8 Å². The second-order valence-corrected chi connectivity index (χ2v) is 8.10. The minimum Gasteiger partial charge on any atom is -0.459 e. The lowest BCUT2D eigenvalue weighted by molar-refractivity contribution is -0.159. The van der Waals surface area contributed by atoms with Gasteiger partial charge in [0.05, 0.1) is 11.8 Å². The summed E-state index contributed by atoms with van der Waals surface area (Å²) in [5.74, 6) is -1.82. The zero-order valence-electron chi connectivity index (χ0n) is 17.2. The van der Waals surface area contributed by atoms with Crippen LogP contribution in [0.15, 0.2) is 33.5 Å². The molecule has 0 unspecified atom stereocenters. The number of amides is 2. The van der Waals surface area contributed by atoms with Crippen molar-refractivity contribution in [3.8, 4) is 0 Å². The molecule has 2 heterocycles. The number of hydrogen-bond donors (Lipinski definition) is 0. The summed E-state index contributed by atoms with van der Waals surface area (Å²) in [6, 6.07) is 5.87. The highest BCUT2D eigenvalue weighted by molar-refractivity contribution is 6.07. The van der Waals surface area contributed by atoms with E-state index < -0.39 is 17.6 Å². The summed E-state index contributed by atoms with van der Waals surface area (Å²) in [4.78, 5) is 51.0. The molecular formula is C23H25NO6. The van der Waals surface area contributed by atoms with E-state index in [1.165, 1.54) is 13.0 Å². The molecule has 0 bridgehead atoms. The minimum atomic E-state index is -0.992. The third-order valence-electron chi connectivity index (χ3n) is 6.28. The Labute approximate surface area is 174 Å². The van der Waals surface area contributed by atoms with E-state index in [-0.39, 0.29) is 30.3 Å². The van der Waals surface area contributed by atoms with Crippen LogP contribution in [0.4, 0.5) is 0 Å². The number of esters is 1. The maximum Gasteiger partial charge on any atom is 0.336 e. The Balaban J connectivity index is 1.50. The number of ether oxygens (including phenoxy) is 1. The van der Waals surface area contributed by atoms with Gasteiger partial charge in [0.25, 0.3) is 0 Å². The Morgan fingerprint density at radius 2 is 1.80 bits per heavy atom. The highest BCUT2D eigenvalue weighted by Gasteiger charge is 2.51. The van der Waals surface area contributed by atoms with Crippen molar-refractivity contribution in [1.82, 2.24) is 4.90 Å². The predicted octanol–water partition coefficient (Wildman–Crippen LogP) is 2.96. The van der Waals surface area contributed by atoms with Gasteiger partial charge in [-0.05, 0) is 37.8 Å². The van der Waals surface area contributed by atoms with Crippen LogP contribution >= 0.6 is 0 Å². The number of benzene rings is 1. The molecule has 1 aliphatic heterocycles. The van der Waals surface area contributed by atoms with Crippen molar-refractivity contribution < 1.29 is 23.5 Å². The van der Waals surface area contributed by atoms with Gasteiger partial charge in [-0.15, -0.1) is 0 Å². The molecule has 0 spiro atoms. The van der Waals surface area contributed by atoms with Crippen molar-refractivity contribution in [3.63, 3.8) is 0 Å². The topological polar surface area (TPSA) is 93.9 Å². The molecule has 158 valence electrons. The first kappa shape index (κ1) is 20.3. The van der Waals surface area contributed by atoms with Gasteiger partial charge in [0, 0.05) is 17.0 Å². The van der Waals surface area contributed by atoms with Gasteiger partial charge in [-0.25, -0.2) is 9.59 Å². The monoisotopic (exact) mass is 411 g/mol. The molecule has 7 heteroatoms. The zero-order chi connectivity index (χ0) is 21.4. The van der Waals surface area contributed by atoms with Crippen molar-refractivity contribution in [2.45, 2.75) is 58.6 Å². The molecule has 1 aromatic heterocycles. The van der Waals surface area contributed by atoms with Crippen LogP contribution in [0, 0.1) is 11.8 Å². The number of likely N-dealkylation sites (tertiary alicyclic amines) is 1. The molecule has 2 aliphatic rings. The summed E-state index contributed by atoms with van der Waals surface area (Å²) in [5.41, 5.74) is 1.47. The molecule has 7 nitrogen and oxygen atoms in total. The SMILES string of the molecule is CCc1ccc2c(COC(=O)[C@H](C)N3C(=O)[C@H]4CCCC[C@@H]4C3=O)cc(=O)oc2c1. The molecule has 3 atom stereocenters. The zero-order valence-corrected chi connectivity index (χ0v) is 17.2. The smallest absolute Gasteiger partial charge is 0.336 e. The third kappa shape index (κ3) is 3.53. The molecule has 1 aromatic carbocycles. The van der Waals surface area contributed by atoms with E-state index in [1.54, 1.807) is 6.07 Å². The summed E-state index contributed by atoms with van der Waals surface area (Å²) in [5, 5.41) is 0.687. The van der Waals surface area contributed by atoms with Crippen molar-refractivity contribution in [2.24, 2.45) is 11.8 Å². The van der Waals surface area contributed by atoms with Crippen LogP contribution in [-0.2, 0) is 32.1 Å². The Bertz CT molecular complexity index is 1050. The van der Waals surface area contributed by atoms with Crippen LogP contribution in [0.1, 0.15) is 50.7 Å². The lowest BCUT2D eigenvalue weighted by atomic mass is 9.81. The van der Waals surface area contributed by atoms with Crippen molar-refractivity contribution in [3.05, 3.63) is 45.8 Å². The highest BCUT2D eigenvalue weighted by atomic mass is 16.5. The molecule has 1 saturated heterocycles. The maximum absolute atomic E-state index is 12.7. The van der Waals surface area contributed by atoms with Crippen LogP contribution in [-0.4, -0.2) is 28.7 Å². The number of hydrogen-bond acceptors (Lipinski definition) is 6. The second-order valence-electron chi connectivity index (χ2n) is 8.10. The van der Waals surface area contributed by atoms with Crippen molar-refractivity contribution in [2.75, 3.05) is 0 Å². The van der Waals surface area contributed by atoms with E-state index in [0.29, 0.717) is 29.4 Å². The van der Waals surface area contributed by atoms with Crippen LogP contribution in [0.3, 0.4) is 0 Å². The number of carbonyl (C=O) groups excluding carboxylic acids is 3. The molecule has 2 fully saturated rings. The molecule has 0 radical (unpaired) electrons. The number of rotatable bonds is 5. The van der Waals surface area contributed by atoms with E-state index in [4.69, 9.17) is 9.15 Å². The predicted molar refractivity (Wildman–Crippen MR) is 108 cm³/mol. The third-order valence-corrected chi connectivity index (χ3v) is 6.28. The minimum absolute atomic E-state index is 0.139. The van der Waals surface area contributed by atoms with Crippen molar-refractivity contribution >= 4 is 28.8 Å². The summed E-state index contributed by atoms with van der Waals surface area (Å²) in [7, 11) is 0. The summed E-state index contributed by atoms with van der Waals surface area (Å²) >= 11 is 0. The van der Waals surface area contributed by atoms with Crippen LogP contribution in [0.5, 0.6) is 0 Å². The lowest BCUT2D eigenvalue weighted by Crippen LogP contribution is -2.44. The summed E-state index contributed by atoms with van der Waals surface area (Å²) in [6.07, 6.45) is 4.04. The fraction of sp³-hybridized carbons (Fsp3) is 0.478. The highest BCUT2D eigenvalue weighted by Crippen LogP contribution is 2.39. The molecule has 1 aliphatic carbocycles. The van der Waals surface area contributed by atoms with Crippen LogP contribution in [0.25, 0.3) is 11.0 Å². The number of carbonyl (C=O) groups is 3. The van der Waals surface area contributed by atoms with E-state index in [2.05, 4.69) is 0 Å². The number of nitrogens with zero attached hydrogens (tertiary/aromatic N) is 1. The van der Waals surface area contributed by atoms with Gasteiger partial charge >= 0.3 is 11.6 Å². The summed E-state index contributed by atoms with van der Waals surface area (Å²) < 4.78 is 10.7. The second kappa shape index (κ2) is 8.05. The average Bonchev–Trinajstić information content (AvgIpc) is 3.01. The molecular weight excluding hydrogens is 386 g/mol. The molecule has 0 N–H and O–H groups in total. The van der Waals surface area contributed by atoms with Gasteiger partial charge < -0.3 is 9.15 Å². The Morgan fingerprint density at radius 1 is 1.13 bits per heavy atom. The maximum atomic E-state index is 12.7. The average molecular weight is 411 g/mol. The lowest BCUT2D eigenvalue weighted by Gasteiger charge is -2.21. The largest absolute Gasteiger partial charge is 0.459 e. The Kier molecular flexibility index (Phi) is 5.45. The van der Waals surface area contributed by atoms with Crippen LogP contribution in [0.2, 0.25) is 0 Å². The summed E-state index contributed by atoms with van der Waals surface area (Å²) in [6.45, 7) is 3.38. The fourth-order valence-electron chi connectivity index (χ4n) is 4.56.